The van der Waals surface area contributed by atoms with E-state index < -0.39 is 34.3 Å². The lowest BCUT2D eigenvalue weighted by atomic mass is 10.1. The van der Waals surface area contributed by atoms with Crippen LogP contribution in [0.3, 0.4) is 0 Å². The molecule has 1 N–H and O–H groups in total. The quantitative estimate of drug-likeness (QED) is 0.585. The van der Waals surface area contributed by atoms with Crippen LogP contribution in [0.2, 0.25) is 0 Å². The minimum atomic E-state index is -3.77. The number of anilines is 1. The fourth-order valence-corrected chi connectivity index (χ4v) is 4.94. The van der Waals surface area contributed by atoms with Crippen LogP contribution in [0.4, 0.5) is 10.1 Å². The van der Waals surface area contributed by atoms with Crippen LogP contribution < -0.4 is 9.62 Å². The van der Waals surface area contributed by atoms with Gasteiger partial charge in [0.05, 0.1) is 11.9 Å². The Balaban J connectivity index is 1.86. The number of rotatable bonds is 9. The van der Waals surface area contributed by atoms with Gasteiger partial charge in [0.1, 0.15) is 18.4 Å². The summed E-state index contributed by atoms with van der Waals surface area (Å²) >= 11 is 0. The molecule has 0 aromatic heterocycles. The Morgan fingerprint density at radius 2 is 1.65 bits per heavy atom. The van der Waals surface area contributed by atoms with E-state index in [0.717, 1.165) is 41.8 Å². The maximum Gasteiger partial charge on any atom is 0.244 e. The van der Waals surface area contributed by atoms with Crippen molar-refractivity contribution in [3.8, 4) is 0 Å². The molecule has 1 aliphatic carbocycles. The van der Waals surface area contributed by atoms with Gasteiger partial charge < -0.3 is 10.2 Å². The molecule has 1 saturated carbocycles. The summed E-state index contributed by atoms with van der Waals surface area (Å²) < 4.78 is 39.5. The summed E-state index contributed by atoms with van der Waals surface area (Å²) in [6.07, 6.45) is 4.95. The Kier molecular flexibility index (Phi) is 8.30. The standard InChI is InChI=1S/C25H32FN3O4S/c1-18-8-14-23(15-9-18)29(34(3,32)33)17-24(30)28(16-20-10-12-21(26)13-11-20)19(2)25(31)27-22-6-4-5-7-22/h8-15,19,22H,4-7,16-17H2,1-3H3,(H,27,31)/t19-/m1/s1. The number of aryl methyl sites for hydroxylation is 1. The van der Waals surface area contributed by atoms with Gasteiger partial charge in [-0.05, 0) is 56.5 Å². The smallest absolute Gasteiger partial charge is 0.244 e. The molecule has 9 heteroatoms. The van der Waals surface area contributed by atoms with Gasteiger partial charge in [-0.3, -0.25) is 13.9 Å². The number of sulfonamides is 1. The first kappa shape index (κ1) is 25.7. The SMILES string of the molecule is Cc1ccc(N(CC(=O)N(Cc2ccc(F)cc2)[C@H](C)C(=O)NC2CCCC2)S(C)(=O)=O)cc1. The number of benzene rings is 2. The van der Waals surface area contributed by atoms with Crippen molar-refractivity contribution in [3.63, 3.8) is 0 Å². The van der Waals surface area contributed by atoms with Crippen LogP contribution in [0.15, 0.2) is 48.5 Å². The first-order chi connectivity index (χ1) is 16.0. The van der Waals surface area contributed by atoms with Gasteiger partial charge in [0.25, 0.3) is 0 Å². The minimum absolute atomic E-state index is 0.0455. The summed E-state index contributed by atoms with van der Waals surface area (Å²) in [5, 5.41) is 3.01. The number of nitrogens with zero attached hydrogens (tertiary/aromatic N) is 2. The molecule has 1 fully saturated rings. The van der Waals surface area contributed by atoms with Crippen LogP contribution in [0.5, 0.6) is 0 Å². The van der Waals surface area contributed by atoms with Crippen LogP contribution in [0.1, 0.15) is 43.7 Å². The molecule has 0 aliphatic heterocycles. The molecular weight excluding hydrogens is 457 g/mol. The fourth-order valence-electron chi connectivity index (χ4n) is 4.09. The number of amides is 2. The zero-order chi connectivity index (χ0) is 24.9. The lowest BCUT2D eigenvalue weighted by Crippen LogP contribution is -2.52. The normalized spacial score (nSPS) is 15.1. The lowest BCUT2D eigenvalue weighted by Gasteiger charge is -2.32. The topological polar surface area (TPSA) is 86.8 Å². The molecule has 2 aromatic rings. The van der Waals surface area contributed by atoms with Crippen LogP contribution in [-0.4, -0.2) is 50.0 Å². The van der Waals surface area contributed by atoms with Gasteiger partial charge in [0.2, 0.25) is 21.8 Å². The van der Waals surface area contributed by atoms with Gasteiger partial charge in [-0.15, -0.1) is 0 Å². The highest BCUT2D eigenvalue weighted by molar-refractivity contribution is 7.92. The summed E-state index contributed by atoms with van der Waals surface area (Å²) in [6.45, 7) is 3.10. The fraction of sp³-hybridized carbons (Fsp3) is 0.440. The maximum atomic E-state index is 13.5. The van der Waals surface area contributed by atoms with E-state index in [-0.39, 0.29) is 18.5 Å². The number of hydrogen-bond donors (Lipinski definition) is 1. The molecule has 2 aromatic carbocycles. The molecule has 0 spiro atoms. The average Bonchev–Trinajstić information content (AvgIpc) is 3.29. The molecule has 34 heavy (non-hydrogen) atoms. The van der Waals surface area contributed by atoms with E-state index in [4.69, 9.17) is 0 Å². The second-order valence-electron chi connectivity index (χ2n) is 8.92. The van der Waals surface area contributed by atoms with Crippen LogP contribution in [0.25, 0.3) is 0 Å². The molecule has 184 valence electrons. The predicted octanol–water partition coefficient (Wildman–Crippen LogP) is 3.38. The Morgan fingerprint density at radius 1 is 1.06 bits per heavy atom. The van der Waals surface area contributed by atoms with E-state index in [2.05, 4.69) is 5.32 Å². The molecule has 1 aliphatic rings. The Hall–Kier alpha value is -2.94. The monoisotopic (exact) mass is 489 g/mol. The van der Waals surface area contributed by atoms with Gasteiger partial charge in [-0.25, -0.2) is 12.8 Å². The Bertz CT molecular complexity index is 1100. The molecule has 0 bridgehead atoms. The second kappa shape index (κ2) is 11.0. The highest BCUT2D eigenvalue weighted by atomic mass is 32.2. The molecular formula is C25H32FN3O4S. The number of hydrogen-bond acceptors (Lipinski definition) is 4. The summed E-state index contributed by atoms with van der Waals surface area (Å²) in [5.74, 6) is -1.22. The van der Waals surface area contributed by atoms with Crippen molar-refractivity contribution in [1.29, 1.82) is 0 Å². The highest BCUT2D eigenvalue weighted by Crippen LogP contribution is 2.21. The molecule has 3 rings (SSSR count). The molecule has 0 radical (unpaired) electrons. The largest absolute Gasteiger partial charge is 0.352 e. The summed E-state index contributed by atoms with van der Waals surface area (Å²) in [5.41, 5.74) is 1.96. The predicted molar refractivity (Wildman–Crippen MR) is 130 cm³/mol. The van der Waals surface area contributed by atoms with E-state index in [9.17, 15) is 22.4 Å². The lowest BCUT2D eigenvalue weighted by molar-refractivity contribution is -0.139. The maximum absolute atomic E-state index is 13.5. The number of carbonyl (C=O) groups is 2. The first-order valence-corrected chi connectivity index (χ1v) is 13.3. The summed E-state index contributed by atoms with van der Waals surface area (Å²) in [6, 6.07) is 11.7. The third-order valence-electron chi connectivity index (χ3n) is 6.14. The summed E-state index contributed by atoms with van der Waals surface area (Å²) in [7, 11) is -3.77. The van der Waals surface area contributed by atoms with E-state index in [1.165, 1.54) is 17.0 Å². The van der Waals surface area contributed by atoms with Crippen LogP contribution in [0, 0.1) is 12.7 Å². The van der Waals surface area contributed by atoms with Crippen molar-refractivity contribution in [1.82, 2.24) is 10.2 Å². The van der Waals surface area contributed by atoms with Crippen molar-refractivity contribution >= 4 is 27.5 Å². The number of halogens is 1. The zero-order valence-electron chi connectivity index (χ0n) is 19.8. The van der Waals surface area contributed by atoms with Gasteiger partial charge in [0.15, 0.2) is 0 Å². The Morgan fingerprint density at radius 3 is 2.21 bits per heavy atom. The number of nitrogens with one attached hydrogen (secondary N) is 1. The Labute approximate surface area is 201 Å². The van der Waals surface area contributed by atoms with Gasteiger partial charge in [0, 0.05) is 12.6 Å². The van der Waals surface area contributed by atoms with E-state index in [0.29, 0.717) is 11.3 Å². The van der Waals surface area contributed by atoms with Crippen molar-refractivity contribution in [2.24, 2.45) is 0 Å². The third-order valence-corrected chi connectivity index (χ3v) is 7.28. The molecule has 0 heterocycles. The average molecular weight is 490 g/mol. The van der Waals surface area contributed by atoms with Crippen molar-refractivity contribution in [2.45, 2.75) is 58.2 Å². The number of carbonyl (C=O) groups excluding carboxylic acids is 2. The highest BCUT2D eigenvalue weighted by Gasteiger charge is 2.31. The van der Waals surface area contributed by atoms with Gasteiger partial charge >= 0.3 is 0 Å². The van der Waals surface area contributed by atoms with E-state index in [1.807, 2.05) is 6.92 Å². The van der Waals surface area contributed by atoms with Gasteiger partial charge in [-0.2, -0.15) is 0 Å². The van der Waals surface area contributed by atoms with Crippen LogP contribution in [-0.2, 0) is 26.2 Å². The minimum Gasteiger partial charge on any atom is -0.352 e. The second-order valence-corrected chi connectivity index (χ2v) is 10.8. The van der Waals surface area contributed by atoms with Crippen molar-refractivity contribution in [3.05, 3.63) is 65.5 Å². The van der Waals surface area contributed by atoms with Crippen molar-refractivity contribution in [2.75, 3.05) is 17.1 Å². The molecule has 0 unspecified atom stereocenters. The molecule has 1 atom stereocenters. The molecule has 7 nitrogen and oxygen atoms in total. The third kappa shape index (κ3) is 6.79. The first-order valence-electron chi connectivity index (χ1n) is 11.4. The van der Waals surface area contributed by atoms with Gasteiger partial charge in [-0.1, -0.05) is 42.7 Å². The van der Waals surface area contributed by atoms with E-state index >= 15 is 0 Å². The molecule has 0 saturated heterocycles. The van der Waals surface area contributed by atoms with Crippen LogP contribution >= 0.6 is 0 Å². The molecule has 2 amide bonds. The summed E-state index contributed by atoms with van der Waals surface area (Å²) in [4.78, 5) is 27.8. The van der Waals surface area contributed by atoms with E-state index in [1.54, 1.807) is 43.3 Å². The zero-order valence-corrected chi connectivity index (χ0v) is 20.6. The van der Waals surface area contributed by atoms with Crippen molar-refractivity contribution < 1.29 is 22.4 Å².